The van der Waals surface area contributed by atoms with Crippen LogP contribution in [0.3, 0.4) is 0 Å². The summed E-state index contributed by atoms with van der Waals surface area (Å²) in [7, 11) is 0. The van der Waals surface area contributed by atoms with E-state index in [0.717, 1.165) is 23.5 Å². The van der Waals surface area contributed by atoms with Crippen LogP contribution < -0.4 is 15.4 Å². The maximum absolute atomic E-state index is 14.5. The minimum atomic E-state index is -0.708. The second-order valence-corrected chi connectivity index (χ2v) is 6.30. The van der Waals surface area contributed by atoms with Gasteiger partial charge in [-0.05, 0) is 36.4 Å². The lowest BCUT2D eigenvalue weighted by Crippen LogP contribution is -2.53. The van der Waals surface area contributed by atoms with Crippen molar-refractivity contribution in [2.75, 3.05) is 16.7 Å². The molecule has 0 radical (unpaired) electrons. The molecule has 0 spiro atoms. The molecule has 3 aromatic rings. The molecule has 0 saturated carbocycles. The largest absolute Gasteiger partial charge is 0.278 e. The highest BCUT2D eigenvalue weighted by Gasteiger charge is 2.26. The third kappa shape index (κ3) is 3.44. The van der Waals surface area contributed by atoms with Crippen LogP contribution in [0, 0.1) is 11.6 Å². The fraction of sp³-hybridized carbons (Fsp3) is 0.0500. The van der Waals surface area contributed by atoms with E-state index >= 15 is 0 Å². The van der Waals surface area contributed by atoms with Gasteiger partial charge in [0.25, 0.3) is 0 Å². The van der Waals surface area contributed by atoms with E-state index in [1.54, 1.807) is 10.0 Å². The smallest absolute Gasteiger partial charge is 0.177 e. The van der Waals surface area contributed by atoms with Gasteiger partial charge in [-0.15, -0.1) is 0 Å². The number of hydrogen-bond donors (Lipinski definition) is 1. The Labute approximate surface area is 160 Å². The second-order valence-electron chi connectivity index (χ2n) is 5.92. The topological polar surface area (TPSA) is 30.9 Å². The third-order valence-corrected chi connectivity index (χ3v) is 4.51. The number of amidine groups is 1. The fourth-order valence-corrected chi connectivity index (χ4v) is 3.06. The molecule has 7 heteroatoms. The van der Waals surface area contributed by atoms with E-state index in [1.807, 2.05) is 60.7 Å². The van der Waals surface area contributed by atoms with E-state index in [4.69, 9.17) is 11.6 Å². The summed E-state index contributed by atoms with van der Waals surface area (Å²) in [4.78, 5) is 0. The van der Waals surface area contributed by atoms with Gasteiger partial charge < -0.3 is 0 Å². The minimum absolute atomic E-state index is 0.113. The van der Waals surface area contributed by atoms with Crippen molar-refractivity contribution in [2.24, 2.45) is 5.10 Å². The van der Waals surface area contributed by atoms with E-state index < -0.39 is 11.6 Å². The summed E-state index contributed by atoms with van der Waals surface area (Å²) in [5.74, 6) is -1.24. The van der Waals surface area contributed by atoms with Crippen LogP contribution in [0.5, 0.6) is 0 Å². The van der Waals surface area contributed by atoms with Gasteiger partial charge in [-0.1, -0.05) is 48.0 Å². The molecule has 3 aromatic carbocycles. The highest BCUT2D eigenvalue weighted by Crippen LogP contribution is 2.27. The Balaban J connectivity index is 1.81. The summed E-state index contributed by atoms with van der Waals surface area (Å²) in [5, 5.41) is 7.63. The van der Waals surface area contributed by atoms with Gasteiger partial charge in [0.15, 0.2) is 5.84 Å². The minimum Gasteiger partial charge on any atom is -0.278 e. The van der Waals surface area contributed by atoms with Gasteiger partial charge in [-0.3, -0.25) is 10.4 Å². The molecule has 1 N–H and O–H groups in total. The first kappa shape index (κ1) is 17.3. The normalized spacial score (nSPS) is 14.0. The SMILES string of the molecule is Fc1ccc(F)c(C2=NN(c3ccccc3)CN(c3ccccc3)N2)c1Cl. The Bertz CT molecular complexity index is 980. The highest BCUT2D eigenvalue weighted by molar-refractivity contribution is 6.34. The van der Waals surface area contributed by atoms with Crippen LogP contribution in [0.4, 0.5) is 20.2 Å². The Hall–Kier alpha value is -3.12. The number of para-hydroxylation sites is 2. The van der Waals surface area contributed by atoms with Gasteiger partial charge in [-0.2, -0.15) is 5.10 Å². The molecule has 1 aliphatic rings. The lowest BCUT2D eigenvalue weighted by atomic mass is 10.2. The zero-order valence-electron chi connectivity index (χ0n) is 14.1. The maximum atomic E-state index is 14.5. The van der Waals surface area contributed by atoms with Crippen molar-refractivity contribution < 1.29 is 8.78 Å². The summed E-state index contributed by atoms with van der Waals surface area (Å²) in [6.45, 7) is 0.367. The van der Waals surface area contributed by atoms with E-state index in [9.17, 15) is 8.78 Å². The first-order valence-corrected chi connectivity index (χ1v) is 8.65. The van der Waals surface area contributed by atoms with Gasteiger partial charge in [-0.25, -0.2) is 13.8 Å². The molecule has 27 heavy (non-hydrogen) atoms. The molecule has 136 valence electrons. The number of nitrogens with zero attached hydrogens (tertiary/aromatic N) is 3. The first-order chi connectivity index (χ1) is 13.1. The average molecular weight is 385 g/mol. The number of hydrogen-bond acceptors (Lipinski definition) is 4. The molecular weight excluding hydrogens is 370 g/mol. The Morgan fingerprint density at radius 1 is 0.815 bits per heavy atom. The molecule has 0 aliphatic carbocycles. The van der Waals surface area contributed by atoms with Crippen molar-refractivity contribution in [1.82, 2.24) is 5.43 Å². The molecule has 0 bridgehead atoms. The number of halogens is 3. The molecular formula is C20H15ClF2N4. The maximum Gasteiger partial charge on any atom is 0.177 e. The first-order valence-electron chi connectivity index (χ1n) is 8.28. The van der Waals surface area contributed by atoms with Gasteiger partial charge in [0.2, 0.25) is 0 Å². The second kappa shape index (κ2) is 7.25. The molecule has 1 aliphatic heterocycles. The summed E-state index contributed by atoms with van der Waals surface area (Å²) in [6, 6.07) is 21.0. The van der Waals surface area contributed by atoms with Crippen LogP contribution >= 0.6 is 11.6 Å². The predicted octanol–water partition coefficient (Wildman–Crippen LogP) is 4.77. The van der Waals surface area contributed by atoms with Gasteiger partial charge in [0, 0.05) is 0 Å². The van der Waals surface area contributed by atoms with E-state index in [2.05, 4.69) is 10.5 Å². The van der Waals surface area contributed by atoms with Crippen LogP contribution in [-0.2, 0) is 0 Å². The number of hydrazone groups is 1. The molecule has 0 fully saturated rings. The van der Waals surface area contributed by atoms with Crippen molar-refractivity contribution in [3.05, 3.63) is 95.0 Å². The van der Waals surface area contributed by atoms with Gasteiger partial charge >= 0.3 is 0 Å². The van der Waals surface area contributed by atoms with Crippen molar-refractivity contribution in [1.29, 1.82) is 0 Å². The molecule has 1 heterocycles. The van der Waals surface area contributed by atoms with Crippen molar-refractivity contribution in [3.8, 4) is 0 Å². The van der Waals surface area contributed by atoms with E-state index in [-0.39, 0.29) is 16.4 Å². The molecule has 0 saturated heterocycles. The monoisotopic (exact) mass is 384 g/mol. The highest BCUT2D eigenvalue weighted by atomic mass is 35.5. The molecule has 0 aromatic heterocycles. The lowest BCUT2D eigenvalue weighted by molar-refractivity contribution is 0.594. The zero-order chi connectivity index (χ0) is 18.8. The van der Waals surface area contributed by atoms with Crippen LogP contribution in [-0.4, -0.2) is 12.5 Å². The van der Waals surface area contributed by atoms with Gasteiger partial charge in [0.1, 0.15) is 18.3 Å². The Morgan fingerprint density at radius 2 is 1.41 bits per heavy atom. The van der Waals surface area contributed by atoms with Crippen LogP contribution in [0.1, 0.15) is 5.56 Å². The van der Waals surface area contributed by atoms with E-state index in [0.29, 0.717) is 6.67 Å². The van der Waals surface area contributed by atoms with Crippen molar-refractivity contribution >= 4 is 28.8 Å². The molecule has 0 unspecified atom stereocenters. The quantitative estimate of drug-likeness (QED) is 0.660. The number of hydrazine groups is 1. The Kier molecular flexibility index (Phi) is 4.64. The van der Waals surface area contributed by atoms with E-state index in [1.165, 1.54) is 0 Å². The van der Waals surface area contributed by atoms with Crippen molar-refractivity contribution in [2.45, 2.75) is 0 Å². The lowest BCUT2D eigenvalue weighted by Gasteiger charge is -2.36. The molecule has 4 rings (SSSR count). The molecule has 4 nitrogen and oxygen atoms in total. The Morgan fingerprint density at radius 3 is 2.07 bits per heavy atom. The third-order valence-electron chi connectivity index (χ3n) is 4.14. The number of rotatable bonds is 3. The summed E-state index contributed by atoms with van der Waals surface area (Å²) >= 11 is 6.05. The van der Waals surface area contributed by atoms with Crippen molar-refractivity contribution in [3.63, 3.8) is 0 Å². The van der Waals surface area contributed by atoms with Crippen LogP contribution in [0.25, 0.3) is 0 Å². The van der Waals surface area contributed by atoms with Crippen LogP contribution in [0.2, 0.25) is 5.02 Å². The average Bonchev–Trinajstić information content (AvgIpc) is 2.72. The summed E-state index contributed by atoms with van der Waals surface area (Å²) in [6.07, 6.45) is 0. The summed E-state index contributed by atoms with van der Waals surface area (Å²) in [5.41, 5.74) is 4.59. The summed E-state index contributed by atoms with van der Waals surface area (Å²) < 4.78 is 28.4. The molecule has 0 atom stereocenters. The molecule has 0 amide bonds. The number of anilines is 2. The standard InChI is InChI=1S/C20H15ClF2N4/c21-19-17(23)12-11-16(22)18(19)20-24-26(14-7-3-1-4-8-14)13-27(25-20)15-9-5-2-6-10-15/h1-12H,13H2,(H,24,25). The predicted molar refractivity (Wildman–Crippen MR) is 104 cm³/mol. The van der Waals surface area contributed by atoms with Gasteiger partial charge in [0.05, 0.1) is 22.0 Å². The fourth-order valence-electron chi connectivity index (χ4n) is 2.82. The van der Waals surface area contributed by atoms with Crippen LogP contribution in [0.15, 0.2) is 77.9 Å². The number of nitrogens with one attached hydrogen (secondary N) is 1. The zero-order valence-corrected chi connectivity index (χ0v) is 14.9. The number of benzene rings is 3.